The second-order valence-electron chi connectivity index (χ2n) is 6.65. The summed E-state index contributed by atoms with van der Waals surface area (Å²) in [7, 11) is 1.26. The van der Waals surface area contributed by atoms with E-state index >= 15 is 0 Å². The Bertz CT molecular complexity index is 827. The zero-order valence-electron chi connectivity index (χ0n) is 15.3. The van der Waals surface area contributed by atoms with E-state index in [4.69, 9.17) is 9.15 Å². The summed E-state index contributed by atoms with van der Waals surface area (Å²) in [5, 5.41) is 3.36. The molecule has 0 unspecified atom stereocenters. The first-order chi connectivity index (χ1) is 12.1. The lowest BCUT2D eigenvalue weighted by Gasteiger charge is -2.16. The van der Waals surface area contributed by atoms with Crippen molar-refractivity contribution in [1.82, 2.24) is 0 Å². The van der Waals surface area contributed by atoms with Crippen molar-refractivity contribution in [3.05, 3.63) is 40.2 Å². The monoisotopic (exact) mass is 379 g/mol. The van der Waals surface area contributed by atoms with Gasteiger partial charge in [-0.05, 0) is 24.6 Å². The van der Waals surface area contributed by atoms with Gasteiger partial charge in [0.15, 0.2) is 12.4 Å². The quantitative estimate of drug-likeness (QED) is 0.795. The number of carbonyl (C=O) groups excluding carboxylic acids is 3. The van der Waals surface area contributed by atoms with Crippen molar-refractivity contribution in [2.45, 2.75) is 34.3 Å². The van der Waals surface area contributed by atoms with E-state index in [-0.39, 0.29) is 23.8 Å². The molecule has 2 heterocycles. The Labute approximate surface area is 155 Å². The Hall–Kier alpha value is -2.61. The molecule has 8 heteroatoms. The van der Waals surface area contributed by atoms with Crippen molar-refractivity contribution >= 4 is 34.2 Å². The predicted molar refractivity (Wildman–Crippen MR) is 96.3 cm³/mol. The zero-order valence-corrected chi connectivity index (χ0v) is 16.1. The normalized spacial score (nSPS) is 11.1. The lowest BCUT2D eigenvalue weighted by molar-refractivity contribution is -0.123. The van der Waals surface area contributed by atoms with E-state index in [1.54, 1.807) is 33.8 Å². The van der Waals surface area contributed by atoms with Gasteiger partial charge >= 0.3 is 11.9 Å². The molecule has 0 aliphatic rings. The lowest BCUT2D eigenvalue weighted by atomic mass is 9.96. The molecule has 0 atom stereocenters. The van der Waals surface area contributed by atoms with E-state index in [0.29, 0.717) is 15.4 Å². The fourth-order valence-electron chi connectivity index (χ4n) is 1.99. The van der Waals surface area contributed by atoms with Crippen molar-refractivity contribution in [3.8, 4) is 0 Å². The number of hydrogen-bond donors (Lipinski definition) is 1. The van der Waals surface area contributed by atoms with Crippen molar-refractivity contribution in [1.29, 1.82) is 0 Å². The largest absolute Gasteiger partial charge is 0.465 e. The van der Waals surface area contributed by atoms with Gasteiger partial charge in [0.2, 0.25) is 5.91 Å². The molecule has 0 saturated carbocycles. The van der Waals surface area contributed by atoms with E-state index in [0.717, 1.165) is 11.3 Å². The molecule has 0 saturated heterocycles. The minimum Gasteiger partial charge on any atom is -0.465 e. The minimum atomic E-state index is -0.565. The summed E-state index contributed by atoms with van der Waals surface area (Å²) >= 11 is 1.14. The number of aryl methyl sites for hydroxylation is 1. The maximum absolute atomic E-state index is 12.3. The van der Waals surface area contributed by atoms with Gasteiger partial charge in [0.1, 0.15) is 10.4 Å². The van der Waals surface area contributed by atoms with Crippen molar-refractivity contribution in [3.63, 3.8) is 0 Å². The van der Waals surface area contributed by atoms with Crippen LogP contribution in [0.1, 0.15) is 52.1 Å². The molecule has 1 N–H and O–H groups in total. The van der Waals surface area contributed by atoms with Crippen molar-refractivity contribution in [2.24, 2.45) is 5.41 Å². The maximum Gasteiger partial charge on any atom is 0.349 e. The average Bonchev–Trinajstić information content (AvgIpc) is 3.17. The summed E-state index contributed by atoms with van der Waals surface area (Å²) in [6.07, 6.45) is 1.33. The summed E-state index contributed by atoms with van der Waals surface area (Å²) in [5.41, 5.74) is 0.362. The second kappa shape index (κ2) is 7.74. The van der Waals surface area contributed by atoms with Crippen LogP contribution in [0.4, 0.5) is 5.00 Å². The summed E-state index contributed by atoms with van der Waals surface area (Å²) in [5.74, 6) is -1.06. The number of anilines is 1. The Morgan fingerprint density at radius 2 is 1.92 bits per heavy atom. The molecule has 0 aromatic carbocycles. The summed E-state index contributed by atoms with van der Waals surface area (Å²) < 4.78 is 15.0. The number of rotatable bonds is 5. The molecule has 0 bridgehead atoms. The third kappa shape index (κ3) is 4.51. The number of furan rings is 1. The van der Waals surface area contributed by atoms with Gasteiger partial charge in [0.25, 0.3) is 0 Å². The van der Waals surface area contributed by atoms with Crippen LogP contribution in [-0.2, 0) is 20.9 Å². The van der Waals surface area contributed by atoms with Gasteiger partial charge < -0.3 is 19.2 Å². The van der Waals surface area contributed by atoms with E-state index in [9.17, 15) is 14.4 Å². The first-order valence-electron chi connectivity index (χ1n) is 7.87. The second-order valence-corrected chi connectivity index (χ2v) is 7.70. The molecule has 0 spiro atoms. The molecule has 2 rings (SSSR count). The van der Waals surface area contributed by atoms with E-state index in [1.807, 2.05) is 0 Å². The smallest absolute Gasteiger partial charge is 0.349 e. The predicted octanol–water partition coefficient (Wildman–Crippen LogP) is 3.78. The van der Waals surface area contributed by atoms with Crippen LogP contribution in [0.3, 0.4) is 0 Å². The van der Waals surface area contributed by atoms with Crippen molar-refractivity contribution in [2.75, 3.05) is 12.4 Å². The van der Waals surface area contributed by atoms with Crippen LogP contribution in [-0.4, -0.2) is 25.0 Å². The van der Waals surface area contributed by atoms with Crippen LogP contribution in [0.5, 0.6) is 0 Å². The van der Waals surface area contributed by atoms with Crippen LogP contribution >= 0.6 is 11.3 Å². The molecule has 26 heavy (non-hydrogen) atoms. The fourth-order valence-corrected chi connectivity index (χ4v) is 2.95. The Morgan fingerprint density at radius 3 is 2.54 bits per heavy atom. The van der Waals surface area contributed by atoms with Crippen LogP contribution in [0.2, 0.25) is 0 Å². The average molecular weight is 379 g/mol. The van der Waals surface area contributed by atoms with Crippen LogP contribution in [0.25, 0.3) is 0 Å². The number of amides is 1. The Balaban J connectivity index is 2.06. The molecule has 0 radical (unpaired) electrons. The van der Waals surface area contributed by atoms with Gasteiger partial charge in [-0.2, -0.15) is 0 Å². The number of esters is 2. The lowest BCUT2D eigenvalue weighted by Crippen LogP contribution is -2.27. The van der Waals surface area contributed by atoms with Gasteiger partial charge in [0.05, 0.1) is 18.4 Å². The summed E-state index contributed by atoms with van der Waals surface area (Å²) in [4.78, 5) is 36.3. The standard InChI is InChI=1S/C18H21NO6S/c1-10-8-13(19-17(22)18(2,3)4)26-14(10)16(21)25-9-12-11(6-7-24-12)15(20)23-5/h6-8H,9H2,1-5H3,(H,19,22). The van der Waals surface area contributed by atoms with Gasteiger partial charge in [0, 0.05) is 5.41 Å². The molecule has 0 aliphatic carbocycles. The molecule has 0 aliphatic heterocycles. The molecule has 7 nitrogen and oxygen atoms in total. The number of thiophene rings is 1. The van der Waals surface area contributed by atoms with Gasteiger partial charge in [-0.1, -0.05) is 20.8 Å². The van der Waals surface area contributed by atoms with Gasteiger partial charge in [-0.3, -0.25) is 4.79 Å². The molecule has 1 amide bonds. The maximum atomic E-state index is 12.3. The van der Waals surface area contributed by atoms with Gasteiger partial charge in [-0.25, -0.2) is 9.59 Å². The fraction of sp³-hybridized carbons (Fsp3) is 0.389. The van der Waals surface area contributed by atoms with E-state index in [1.165, 1.54) is 19.4 Å². The number of ether oxygens (including phenoxy) is 2. The van der Waals surface area contributed by atoms with Crippen LogP contribution < -0.4 is 5.32 Å². The SMILES string of the molecule is COC(=O)c1ccoc1COC(=O)c1sc(NC(=O)C(C)(C)C)cc1C. The molecule has 2 aromatic rings. The highest BCUT2D eigenvalue weighted by atomic mass is 32.1. The zero-order chi connectivity index (χ0) is 19.5. The topological polar surface area (TPSA) is 94.8 Å². The van der Waals surface area contributed by atoms with E-state index < -0.39 is 17.4 Å². The first-order valence-corrected chi connectivity index (χ1v) is 8.69. The molecular formula is C18H21NO6S. The number of hydrogen-bond acceptors (Lipinski definition) is 7. The Morgan fingerprint density at radius 1 is 1.23 bits per heavy atom. The van der Waals surface area contributed by atoms with E-state index in [2.05, 4.69) is 10.1 Å². The highest BCUT2D eigenvalue weighted by Gasteiger charge is 2.24. The third-order valence-electron chi connectivity index (χ3n) is 3.51. The highest BCUT2D eigenvalue weighted by molar-refractivity contribution is 7.18. The Kier molecular flexibility index (Phi) is 5.86. The summed E-state index contributed by atoms with van der Waals surface area (Å²) in [6.45, 7) is 6.98. The van der Waals surface area contributed by atoms with Crippen LogP contribution in [0.15, 0.2) is 22.8 Å². The summed E-state index contributed by atoms with van der Waals surface area (Å²) in [6, 6.07) is 3.17. The molecule has 2 aromatic heterocycles. The number of carbonyl (C=O) groups is 3. The molecule has 140 valence electrons. The number of nitrogens with one attached hydrogen (secondary N) is 1. The van der Waals surface area contributed by atoms with Gasteiger partial charge in [-0.15, -0.1) is 11.3 Å². The van der Waals surface area contributed by atoms with Crippen LogP contribution in [0, 0.1) is 12.3 Å². The highest BCUT2D eigenvalue weighted by Crippen LogP contribution is 2.29. The molecular weight excluding hydrogens is 358 g/mol. The third-order valence-corrected chi connectivity index (χ3v) is 4.64. The first kappa shape index (κ1) is 19.7. The minimum absolute atomic E-state index is 0.142. The van der Waals surface area contributed by atoms with Crippen molar-refractivity contribution < 1.29 is 28.3 Å². The molecule has 0 fully saturated rings. The number of methoxy groups -OCH3 is 1.